The highest BCUT2D eigenvalue weighted by Crippen LogP contribution is 2.32. The molecular formula is C12H12ClN3O2. The zero-order valence-electron chi connectivity index (χ0n) is 9.72. The average molecular weight is 266 g/mol. The van der Waals surface area contributed by atoms with Gasteiger partial charge in [-0.15, -0.1) is 0 Å². The number of pyridine rings is 1. The predicted octanol–water partition coefficient (Wildman–Crippen LogP) is 1.99. The van der Waals surface area contributed by atoms with Crippen molar-refractivity contribution in [3.8, 4) is 0 Å². The summed E-state index contributed by atoms with van der Waals surface area (Å²) in [5, 5.41) is 10.8. The molecule has 0 amide bonds. The van der Waals surface area contributed by atoms with Gasteiger partial charge in [0, 0.05) is 24.0 Å². The van der Waals surface area contributed by atoms with Crippen LogP contribution < -0.4 is 10.6 Å². The molecule has 3 N–H and O–H groups in total. The van der Waals surface area contributed by atoms with E-state index in [0.29, 0.717) is 16.5 Å². The Morgan fingerprint density at radius 3 is 2.83 bits per heavy atom. The van der Waals surface area contributed by atoms with Crippen LogP contribution in [0.5, 0.6) is 0 Å². The van der Waals surface area contributed by atoms with Gasteiger partial charge in [-0.2, -0.15) is 0 Å². The molecule has 2 rings (SSSR count). The first-order valence-corrected chi connectivity index (χ1v) is 5.64. The molecule has 1 aromatic carbocycles. The maximum Gasteiger partial charge on any atom is 0.323 e. The molecule has 1 heterocycles. The van der Waals surface area contributed by atoms with Gasteiger partial charge >= 0.3 is 5.97 Å². The summed E-state index contributed by atoms with van der Waals surface area (Å²) in [5.41, 5.74) is 6.37. The third-order valence-corrected chi connectivity index (χ3v) is 2.98. The Bertz CT molecular complexity index is 616. The quantitative estimate of drug-likeness (QED) is 0.830. The van der Waals surface area contributed by atoms with Crippen LogP contribution >= 0.6 is 11.6 Å². The van der Waals surface area contributed by atoms with Crippen molar-refractivity contribution in [2.75, 3.05) is 24.2 Å². The number of aromatic nitrogens is 1. The molecule has 0 radical (unpaired) electrons. The number of rotatable bonds is 3. The second-order valence-electron chi connectivity index (χ2n) is 3.94. The lowest BCUT2D eigenvalue weighted by molar-refractivity contribution is -0.135. The Labute approximate surface area is 109 Å². The maximum absolute atomic E-state index is 10.7. The van der Waals surface area contributed by atoms with Crippen LogP contribution in [0.3, 0.4) is 0 Å². The molecule has 0 aliphatic rings. The smallest absolute Gasteiger partial charge is 0.323 e. The van der Waals surface area contributed by atoms with Gasteiger partial charge in [0.1, 0.15) is 12.4 Å². The number of halogens is 1. The SMILES string of the molecule is CN(CC(=O)O)c1nccc2c(N)c(Cl)ccc12. The van der Waals surface area contributed by atoms with E-state index in [1.165, 1.54) is 0 Å². The first kappa shape index (κ1) is 12.4. The van der Waals surface area contributed by atoms with Crippen molar-refractivity contribution in [2.45, 2.75) is 0 Å². The van der Waals surface area contributed by atoms with E-state index < -0.39 is 5.97 Å². The van der Waals surface area contributed by atoms with Crippen LogP contribution in [0, 0.1) is 0 Å². The number of aliphatic carboxylic acids is 1. The number of hydrogen-bond donors (Lipinski definition) is 2. The summed E-state index contributed by atoms with van der Waals surface area (Å²) in [4.78, 5) is 16.5. The number of carboxylic acid groups (broad SMARTS) is 1. The highest BCUT2D eigenvalue weighted by molar-refractivity contribution is 6.34. The van der Waals surface area contributed by atoms with Crippen molar-refractivity contribution in [1.82, 2.24) is 4.98 Å². The van der Waals surface area contributed by atoms with Gasteiger partial charge in [0.25, 0.3) is 0 Å². The molecule has 0 unspecified atom stereocenters. The van der Waals surface area contributed by atoms with Crippen molar-refractivity contribution >= 4 is 39.8 Å². The van der Waals surface area contributed by atoms with Gasteiger partial charge in [-0.3, -0.25) is 4.79 Å². The summed E-state index contributed by atoms with van der Waals surface area (Å²) in [6, 6.07) is 5.22. The van der Waals surface area contributed by atoms with Gasteiger partial charge in [0.15, 0.2) is 0 Å². The van der Waals surface area contributed by atoms with Crippen LogP contribution in [0.15, 0.2) is 24.4 Å². The van der Waals surface area contributed by atoms with E-state index >= 15 is 0 Å². The number of carbonyl (C=O) groups is 1. The van der Waals surface area contributed by atoms with Crippen LogP contribution in [-0.4, -0.2) is 29.7 Å². The minimum atomic E-state index is -0.918. The number of likely N-dealkylation sites (N-methyl/N-ethyl adjacent to an activating group) is 1. The lowest BCUT2D eigenvalue weighted by atomic mass is 10.1. The fraction of sp³-hybridized carbons (Fsp3) is 0.167. The summed E-state index contributed by atoms with van der Waals surface area (Å²) in [6.07, 6.45) is 1.59. The molecule has 0 aliphatic heterocycles. The van der Waals surface area contributed by atoms with E-state index in [1.54, 1.807) is 36.3 Å². The Kier molecular flexibility index (Phi) is 3.25. The molecule has 0 saturated heterocycles. The van der Waals surface area contributed by atoms with Crippen LogP contribution in [-0.2, 0) is 4.79 Å². The standard InChI is InChI=1S/C12H12ClN3O2/c1-16(6-10(17)18)12-8-2-3-9(13)11(14)7(8)4-5-15-12/h2-5H,6,14H2,1H3,(H,17,18). The zero-order chi connectivity index (χ0) is 13.3. The third kappa shape index (κ3) is 2.17. The van der Waals surface area contributed by atoms with Gasteiger partial charge in [-0.25, -0.2) is 4.98 Å². The fourth-order valence-electron chi connectivity index (χ4n) is 1.82. The van der Waals surface area contributed by atoms with Gasteiger partial charge in [-0.05, 0) is 18.2 Å². The number of nitrogen functional groups attached to an aromatic ring is 1. The average Bonchev–Trinajstić information content (AvgIpc) is 2.32. The van der Waals surface area contributed by atoms with E-state index in [-0.39, 0.29) is 6.54 Å². The summed E-state index contributed by atoms with van der Waals surface area (Å²) in [5.74, 6) is -0.350. The fourth-order valence-corrected chi connectivity index (χ4v) is 1.98. The number of anilines is 2. The van der Waals surface area contributed by atoms with Gasteiger partial charge in [-0.1, -0.05) is 11.6 Å². The minimum Gasteiger partial charge on any atom is -0.480 e. The zero-order valence-corrected chi connectivity index (χ0v) is 10.5. The lowest BCUT2D eigenvalue weighted by Gasteiger charge is -2.18. The molecule has 0 atom stereocenters. The highest BCUT2D eigenvalue weighted by atomic mass is 35.5. The molecule has 0 spiro atoms. The Morgan fingerprint density at radius 2 is 2.17 bits per heavy atom. The highest BCUT2D eigenvalue weighted by Gasteiger charge is 2.12. The van der Waals surface area contributed by atoms with Crippen LogP contribution in [0.2, 0.25) is 5.02 Å². The van der Waals surface area contributed by atoms with Crippen LogP contribution in [0.25, 0.3) is 10.8 Å². The topological polar surface area (TPSA) is 79.5 Å². The van der Waals surface area contributed by atoms with Crippen molar-refractivity contribution in [3.63, 3.8) is 0 Å². The molecule has 0 aliphatic carbocycles. The van der Waals surface area contributed by atoms with Crippen LogP contribution in [0.4, 0.5) is 11.5 Å². The van der Waals surface area contributed by atoms with Gasteiger partial charge in [0.05, 0.1) is 10.7 Å². The molecule has 0 fully saturated rings. The number of nitrogens with zero attached hydrogens (tertiary/aromatic N) is 2. The molecule has 5 nitrogen and oxygen atoms in total. The maximum atomic E-state index is 10.7. The molecule has 18 heavy (non-hydrogen) atoms. The van der Waals surface area contributed by atoms with Crippen molar-refractivity contribution in [1.29, 1.82) is 0 Å². The van der Waals surface area contributed by atoms with Crippen molar-refractivity contribution in [3.05, 3.63) is 29.4 Å². The molecular weight excluding hydrogens is 254 g/mol. The second kappa shape index (κ2) is 4.70. The molecule has 0 bridgehead atoms. The van der Waals surface area contributed by atoms with Gasteiger partial charge in [0.2, 0.25) is 0 Å². The normalized spacial score (nSPS) is 10.6. The van der Waals surface area contributed by atoms with E-state index in [1.807, 2.05) is 0 Å². The Balaban J connectivity index is 2.59. The molecule has 6 heteroatoms. The number of carboxylic acids is 1. The summed E-state index contributed by atoms with van der Waals surface area (Å²) >= 11 is 5.95. The number of benzene rings is 1. The van der Waals surface area contributed by atoms with E-state index in [2.05, 4.69) is 4.98 Å². The minimum absolute atomic E-state index is 0.130. The van der Waals surface area contributed by atoms with E-state index in [0.717, 1.165) is 10.8 Å². The molecule has 2 aromatic rings. The van der Waals surface area contributed by atoms with E-state index in [4.69, 9.17) is 22.4 Å². The Morgan fingerprint density at radius 1 is 1.44 bits per heavy atom. The summed E-state index contributed by atoms with van der Waals surface area (Å²) in [6.45, 7) is -0.130. The lowest BCUT2D eigenvalue weighted by Crippen LogP contribution is -2.26. The predicted molar refractivity (Wildman–Crippen MR) is 72.1 cm³/mol. The number of fused-ring (bicyclic) bond motifs is 1. The van der Waals surface area contributed by atoms with Crippen LogP contribution in [0.1, 0.15) is 0 Å². The van der Waals surface area contributed by atoms with E-state index in [9.17, 15) is 4.79 Å². The first-order valence-electron chi connectivity index (χ1n) is 5.26. The third-order valence-electron chi connectivity index (χ3n) is 2.65. The second-order valence-corrected chi connectivity index (χ2v) is 4.35. The largest absolute Gasteiger partial charge is 0.480 e. The Hall–Kier alpha value is -2.01. The number of nitrogens with two attached hydrogens (primary N) is 1. The molecule has 0 saturated carbocycles. The molecule has 94 valence electrons. The summed E-state index contributed by atoms with van der Waals surface area (Å²) < 4.78 is 0. The van der Waals surface area contributed by atoms with Crippen molar-refractivity contribution in [2.24, 2.45) is 0 Å². The van der Waals surface area contributed by atoms with Crippen molar-refractivity contribution < 1.29 is 9.90 Å². The molecule has 1 aromatic heterocycles. The monoisotopic (exact) mass is 265 g/mol. The number of hydrogen-bond acceptors (Lipinski definition) is 4. The summed E-state index contributed by atoms with van der Waals surface area (Å²) in [7, 11) is 1.67. The van der Waals surface area contributed by atoms with Gasteiger partial charge < -0.3 is 15.7 Å². The first-order chi connectivity index (χ1) is 8.50.